The largest absolute Gasteiger partial charge is 0.480 e. The molecule has 0 saturated heterocycles. The number of hydrogen-bond acceptors (Lipinski definition) is 7. The van der Waals surface area contributed by atoms with E-state index in [1.165, 1.54) is 38.9 Å². The Morgan fingerprint density at radius 2 is 1.88 bits per heavy atom. The molecule has 0 atom stereocenters. The number of ether oxygens (including phenoxy) is 1. The molecule has 0 aliphatic heterocycles. The summed E-state index contributed by atoms with van der Waals surface area (Å²) in [6.45, 7) is 10.1. The number of nitrogens with one attached hydrogen (secondary N) is 1. The highest BCUT2D eigenvalue weighted by molar-refractivity contribution is 6.29. The molecule has 0 amide bonds. The second-order valence-electron chi connectivity index (χ2n) is 5.06. The first-order chi connectivity index (χ1) is 12.5. The van der Waals surface area contributed by atoms with E-state index in [0.717, 1.165) is 0 Å². The summed E-state index contributed by atoms with van der Waals surface area (Å²) >= 11 is 5.74. The number of rotatable bonds is 7. The van der Waals surface area contributed by atoms with Crippen LogP contribution in [-0.4, -0.2) is 46.5 Å². The molecule has 0 fully saturated rings. The monoisotopic (exact) mass is 381 g/mol. The van der Waals surface area contributed by atoms with Crippen LogP contribution in [0.15, 0.2) is 30.5 Å². The van der Waals surface area contributed by atoms with Crippen LogP contribution in [0.5, 0.6) is 5.88 Å². The highest BCUT2D eigenvalue weighted by Gasteiger charge is 2.17. The predicted molar refractivity (Wildman–Crippen MR) is 103 cm³/mol. The molecule has 26 heavy (non-hydrogen) atoms. The lowest BCUT2D eigenvalue weighted by Gasteiger charge is -2.13. The summed E-state index contributed by atoms with van der Waals surface area (Å²) in [6, 6.07) is 5.96. The van der Waals surface area contributed by atoms with E-state index in [0.29, 0.717) is 11.6 Å². The lowest BCUT2D eigenvalue weighted by molar-refractivity contribution is -0.384. The van der Waals surface area contributed by atoms with Crippen molar-refractivity contribution in [2.45, 2.75) is 20.8 Å². The topological polar surface area (TPSA) is 93.4 Å². The van der Waals surface area contributed by atoms with E-state index in [2.05, 4.69) is 41.0 Å². The van der Waals surface area contributed by atoms with E-state index in [1.54, 1.807) is 18.3 Å². The Morgan fingerprint density at radius 1 is 1.23 bits per heavy atom. The summed E-state index contributed by atoms with van der Waals surface area (Å²) in [5.74, 6) is 0.336. The molecule has 0 unspecified atom stereocenters. The van der Waals surface area contributed by atoms with Crippen molar-refractivity contribution in [3.8, 4) is 5.88 Å². The van der Waals surface area contributed by atoms with Crippen molar-refractivity contribution in [3.63, 3.8) is 0 Å². The van der Waals surface area contributed by atoms with Gasteiger partial charge in [-0.05, 0) is 37.8 Å². The smallest absolute Gasteiger partial charge is 0.311 e. The molecule has 0 saturated carbocycles. The second-order valence-corrected chi connectivity index (χ2v) is 5.45. The molecular weight excluding hydrogens is 358 g/mol. The number of halogens is 1. The Balaban J connectivity index is 0.000000412. The van der Waals surface area contributed by atoms with Crippen molar-refractivity contribution >= 4 is 28.8 Å². The number of methoxy groups -OCH3 is 1. The van der Waals surface area contributed by atoms with Gasteiger partial charge in [-0.3, -0.25) is 10.1 Å². The van der Waals surface area contributed by atoms with Gasteiger partial charge < -0.3 is 15.0 Å². The van der Waals surface area contributed by atoms with E-state index < -0.39 is 4.92 Å². The fourth-order valence-corrected chi connectivity index (χ4v) is 2.26. The van der Waals surface area contributed by atoms with Gasteiger partial charge in [0.15, 0.2) is 0 Å². The maximum Gasteiger partial charge on any atom is 0.311 e. The van der Waals surface area contributed by atoms with E-state index >= 15 is 0 Å². The summed E-state index contributed by atoms with van der Waals surface area (Å²) < 4.78 is 5.04. The molecule has 0 radical (unpaired) electrons. The third-order valence-corrected chi connectivity index (χ3v) is 3.81. The van der Waals surface area contributed by atoms with Crippen LogP contribution >= 0.6 is 11.6 Å². The zero-order chi connectivity index (χ0) is 19.5. The fraction of sp³-hybridized carbons (Fsp3) is 0.412. The molecule has 8 nitrogen and oxygen atoms in total. The Bertz CT molecular complexity index is 705. The standard InChI is InChI=1S/C11H9ClN4O3.C6H15N/c1-19-11-7(3-2-6-13-11)14-10-8(16(17)18)4-5-9(12)15-10;1-4-7(5-2)6-3/h2-6H,1H3,(H,14,15);4-6H2,1-3H3. The average Bonchev–Trinajstić information content (AvgIpc) is 2.64. The minimum Gasteiger partial charge on any atom is -0.480 e. The van der Waals surface area contributed by atoms with Crippen LogP contribution in [-0.2, 0) is 0 Å². The molecule has 0 bridgehead atoms. The van der Waals surface area contributed by atoms with E-state index in [9.17, 15) is 10.1 Å². The summed E-state index contributed by atoms with van der Waals surface area (Å²) in [6.07, 6.45) is 1.55. The Kier molecular flexibility index (Phi) is 9.32. The second kappa shape index (κ2) is 11.2. The van der Waals surface area contributed by atoms with Gasteiger partial charge in [-0.15, -0.1) is 0 Å². The first-order valence-electron chi connectivity index (χ1n) is 8.26. The number of aromatic nitrogens is 2. The van der Waals surface area contributed by atoms with Crippen LogP contribution in [0.3, 0.4) is 0 Å². The zero-order valence-electron chi connectivity index (χ0n) is 15.4. The highest BCUT2D eigenvalue weighted by atomic mass is 35.5. The number of hydrogen-bond donors (Lipinski definition) is 1. The first kappa shape index (κ1) is 21.6. The highest BCUT2D eigenvalue weighted by Crippen LogP contribution is 2.30. The molecule has 142 valence electrons. The number of anilines is 2. The summed E-state index contributed by atoms with van der Waals surface area (Å²) in [7, 11) is 1.45. The molecule has 0 aliphatic carbocycles. The van der Waals surface area contributed by atoms with Gasteiger partial charge in [0, 0.05) is 12.3 Å². The molecular formula is C17H24ClN5O3. The van der Waals surface area contributed by atoms with Crippen molar-refractivity contribution in [3.05, 3.63) is 45.7 Å². The van der Waals surface area contributed by atoms with Crippen molar-refractivity contribution in [1.82, 2.24) is 14.9 Å². The van der Waals surface area contributed by atoms with Crippen LogP contribution in [0, 0.1) is 10.1 Å². The maximum atomic E-state index is 10.9. The van der Waals surface area contributed by atoms with E-state index in [4.69, 9.17) is 16.3 Å². The third-order valence-electron chi connectivity index (χ3n) is 3.60. The quantitative estimate of drug-likeness (QED) is 0.437. The molecule has 0 spiro atoms. The third kappa shape index (κ3) is 6.45. The zero-order valence-corrected chi connectivity index (χ0v) is 16.2. The molecule has 0 aliphatic rings. The van der Waals surface area contributed by atoms with Crippen LogP contribution in [0.25, 0.3) is 0 Å². The van der Waals surface area contributed by atoms with Crippen molar-refractivity contribution in [2.75, 3.05) is 32.1 Å². The first-order valence-corrected chi connectivity index (χ1v) is 8.63. The SMILES string of the molecule is CCN(CC)CC.COc1ncccc1Nc1nc(Cl)ccc1[N+](=O)[O-]. The summed E-state index contributed by atoms with van der Waals surface area (Å²) in [5, 5.41) is 13.9. The van der Waals surface area contributed by atoms with Crippen LogP contribution in [0.1, 0.15) is 20.8 Å². The van der Waals surface area contributed by atoms with E-state index in [1.807, 2.05) is 0 Å². The van der Waals surface area contributed by atoms with Gasteiger partial charge in [-0.25, -0.2) is 9.97 Å². The number of nitrogens with zero attached hydrogens (tertiary/aromatic N) is 4. The Labute approximate surface area is 158 Å². The van der Waals surface area contributed by atoms with Gasteiger partial charge in [0.25, 0.3) is 0 Å². The number of pyridine rings is 2. The lowest BCUT2D eigenvalue weighted by Crippen LogP contribution is -2.21. The minimum atomic E-state index is -0.547. The summed E-state index contributed by atoms with van der Waals surface area (Å²) in [4.78, 5) is 20.6. The molecule has 2 aromatic rings. The molecule has 0 aromatic carbocycles. The van der Waals surface area contributed by atoms with Crippen molar-refractivity contribution in [1.29, 1.82) is 0 Å². The van der Waals surface area contributed by atoms with Gasteiger partial charge in [-0.1, -0.05) is 32.4 Å². The normalized spacial score (nSPS) is 10.1. The molecule has 1 N–H and O–H groups in total. The van der Waals surface area contributed by atoms with Gasteiger partial charge in [-0.2, -0.15) is 0 Å². The summed E-state index contributed by atoms with van der Waals surface area (Å²) in [5.41, 5.74) is 0.276. The van der Waals surface area contributed by atoms with Crippen LogP contribution in [0.2, 0.25) is 5.15 Å². The Hall–Kier alpha value is -2.45. The van der Waals surface area contributed by atoms with Crippen LogP contribution in [0.4, 0.5) is 17.2 Å². The average molecular weight is 382 g/mol. The molecule has 9 heteroatoms. The van der Waals surface area contributed by atoms with Gasteiger partial charge in [0.05, 0.1) is 12.0 Å². The molecule has 2 heterocycles. The maximum absolute atomic E-state index is 10.9. The lowest BCUT2D eigenvalue weighted by atomic mass is 10.3. The van der Waals surface area contributed by atoms with Gasteiger partial charge in [0.2, 0.25) is 11.7 Å². The van der Waals surface area contributed by atoms with Crippen LogP contribution < -0.4 is 10.1 Å². The minimum absolute atomic E-state index is 0.0313. The predicted octanol–water partition coefficient (Wildman–Crippen LogP) is 4.14. The van der Waals surface area contributed by atoms with Crippen molar-refractivity contribution < 1.29 is 9.66 Å². The number of nitro groups is 1. The van der Waals surface area contributed by atoms with Gasteiger partial charge in [0.1, 0.15) is 10.8 Å². The molecule has 2 rings (SSSR count). The van der Waals surface area contributed by atoms with E-state index in [-0.39, 0.29) is 16.7 Å². The molecule has 2 aromatic heterocycles. The van der Waals surface area contributed by atoms with Gasteiger partial charge >= 0.3 is 5.69 Å². The fourth-order valence-electron chi connectivity index (χ4n) is 2.11. The Morgan fingerprint density at radius 3 is 2.38 bits per heavy atom. The van der Waals surface area contributed by atoms with Crippen molar-refractivity contribution in [2.24, 2.45) is 0 Å².